The Labute approximate surface area is 146 Å². The van der Waals surface area contributed by atoms with Gasteiger partial charge in [-0.05, 0) is 17.7 Å². The molecule has 0 aliphatic rings. The number of nitrogens with zero attached hydrogens (tertiary/aromatic N) is 1. The Balaban J connectivity index is 0.000000212. The molecule has 0 aliphatic heterocycles. The molecule has 0 fully saturated rings. The van der Waals surface area contributed by atoms with Crippen LogP contribution in [0.2, 0.25) is 0 Å². The smallest absolute Gasteiger partial charge is 0.192 e. The van der Waals surface area contributed by atoms with Crippen molar-refractivity contribution in [2.24, 2.45) is 0 Å². The summed E-state index contributed by atoms with van der Waals surface area (Å²) in [6.45, 7) is 0. The topological polar surface area (TPSA) is 124 Å². The maximum atomic E-state index is 11.5. The molecule has 1 aromatic heterocycles. The molecule has 5 N–H and O–H groups in total. The zero-order valence-electron chi connectivity index (χ0n) is 13.9. The maximum absolute atomic E-state index is 11.5. The van der Waals surface area contributed by atoms with Crippen molar-refractivity contribution >= 4 is 21.3 Å². The van der Waals surface area contributed by atoms with Gasteiger partial charge in [-0.2, -0.15) is 5.10 Å². The summed E-state index contributed by atoms with van der Waals surface area (Å²) in [5.41, 5.74) is 13.0. The number of methoxy groups -OCH3 is 1. The summed E-state index contributed by atoms with van der Waals surface area (Å²) in [5, 5.41) is 6.23. The molecule has 0 radical (unpaired) electrons. The average molecular weight is 360 g/mol. The standard InChI is InChI=1S/C10H11N3O2S.C7H9NO/c1-16(14,15)10-8(9(11)12-13-10)7-5-3-2-4-6-7;1-9-7-4-2-3-6(8)5-7/h2-6H,1H3,(H3,11,12,13);2-5H,8H2,1H3. The lowest BCUT2D eigenvalue weighted by Crippen LogP contribution is -2.00. The molecule has 0 unspecified atom stereocenters. The monoisotopic (exact) mass is 360 g/mol. The Kier molecular flexibility index (Phi) is 5.66. The second-order valence-electron chi connectivity index (χ2n) is 5.23. The number of anilines is 2. The molecule has 0 saturated heterocycles. The van der Waals surface area contributed by atoms with E-state index in [1.165, 1.54) is 0 Å². The van der Waals surface area contributed by atoms with Crippen LogP contribution in [0, 0.1) is 0 Å². The number of nitrogens with one attached hydrogen (secondary N) is 1. The molecular formula is C17H20N4O3S. The highest BCUT2D eigenvalue weighted by Gasteiger charge is 2.20. The third-order valence-corrected chi connectivity index (χ3v) is 4.33. The quantitative estimate of drug-likeness (QED) is 0.616. The fourth-order valence-electron chi connectivity index (χ4n) is 2.13. The van der Waals surface area contributed by atoms with Crippen LogP contribution in [-0.2, 0) is 9.84 Å². The molecule has 0 saturated carbocycles. The van der Waals surface area contributed by atoms with Crippen LogP contribution >= 0.6 is 0 Å². The normalized spacial score (nSPS) is 10.6. The molecule has 7 nitrogen and oxygen atoms in total. The first kappa shape index (κ1) is 18.3. The second kappa shape index (κ2) is 7.71. The molecule has 8 heteroatoms. The number of benzene rings is 2. The van der Waals surface area contributed by atoms with E-state index in [0.29, 0.717) is 5.56 Å². The molecular weight excluding hydrogens is 340 g/mol. The minimum absolute atomic E-state index is 0.0520. The van der Waals surface area contributed by atoms with Gasteiger partial charge in [-0.15, -0.1) is 0 Å². The predicted octanol–water partition coefficient (Wildman–Crippen LogP) is 2.34. The van der Waals surface area contributed by atoms with Crippen LogP contribution in [0.25, 0.3) is 11.1 Å². The van der Waals surface area contributed by atoms with Gasteiger partial charge in [-0.25, -0.2) is 8.42 Å². The van der Waals surface area contributed by atoms with Crippen molar-refractivity contribution in [3.05, 3.63) is 54.6 Å². The van der Waals surface area contributed by atoms with Crippen molar-refractivity contribution in [1.82, 2.24) is 10.2 Å². The van der Waals surface area contributed by atoms with Crippen LogP contribution in [0.15, 0.2) is 59.6 Å². The van der Waals surface area contributed by atoms with E-state index in [1.807, 2.05) is 36.4 Å². The zero-order chi connectivity index (χ0) is 18.4. The summed E-state index contributed by atoms with van der Waals surface area (Å²) in [7, 11) is -1.74. The van der Waals surface area contributed by atoms with E-state index in [1.54, 1.807) is 25.3 Å². The lowest BCUT2D eigenvalue weighted by Gasteiger charge is -2.01. The number of hydrogen-bond acceptors (Lipinski definition) is 6. The third kappa shape index (κ3) is 4.74. The third-order valence-electron chi connectivity index (χ3n) is 3.29. The highest BCUT2D eigenvalue weighted by Crippen LogP contribution is 2.30. The van der Waals surface area contributed by atoms with Gasteiger partial charge in [0.05, 0.1) is 12.7 Å². The maximum Gasteiger partial charge on any atom is 0.192 e. The summed E-state index contributed by atoms with van der Waals surface area (Å²) >= 11 is 0. The van der Waals surface area contributed by atoms with Gasteiger partial charge in [0.1, 0.15) is 5.75 Å². The number of aromatic amines is 1. The lowest BCUT2D eigenvalue weighted by molar-refractivity contribution is 0.415. The molecule has 0 amide bonds. The van der Waals surface area contributed by atoms with Crippen molar-refractivity contribution in [1.29, 1.82) is 0 Å². The Morgan fingerprint density at radius 3 is 2.24 bits per heavy atom. The number of aromatic nitrogens is 2. The Morgan fingerprint density at radius 2 is 1.72 bits per heavy atom. The Morgan fingerprint density at radius 1 is 1.04 bits per heavy atom. The number of sulfone groups is 1. The summed E-state index contributed by atoms with van der Waals surface area (Å²) in [6.07, 6.45) is 1.12. The average Bonchev–Trinajstić information content (AvgIpc) is 2.98. The van der Waals surface area contributed by atoms with E-state index in [9.17, 15) is 8.42 Å². The van der Waals surface area contributed by atoms with Gasteiger partial charge in [-0.3, -0.25) is 5.10 Å². The second-order valence-corrected chi connectivity index (χ2v) is 7.18. The zero-order valence-corrected chi connectivity index (χ0v) is 14.7. The SMILES string of the molecule is COc1cccc(N)c1.CS(=O)(=O)c1[nH]nc(N)c1-c1ccccc1. The van der Waals surface area contributed by atoms with Gasteiger partial charge in [0.2, 0.25) is 0 Å². The van der Waals surface area contributed by atoms with Crippen LogP contribution in [-0.4, -0.2) is 32.0 Å². The van der Waals surface area contributed by atoms with Gasteiger partial charge in [0.15, 0.2) is 20.7 Å². The van der Waals surface area contributed by atoms with Crippen LogP contribution in [0.5, 0.6) is 5.75 Å². The van der Waals surface area contributed by atoms with Crippen LogP contribution in [0.1, 0.15) is 0 Å². The molecule has 2 aromatic carbocycles. The molecule has 0 bridgehead atoms. The van der Waals surface area contributed by atoms with Gasteiger partial charge < -0.3 is 16.2 Å². The first-order valence-electron chi connectivity index (χ1n) is 7.31. The molecule has 1 heterocycles. The first-order chi connectivity index (χ1) is 11.8. The fraction of sp³-hybridized carbons (Fsp3) is 0.118. The number of H-pyrrole nitrogens is 1. The highest BCUT2D eigenvalue weighted by molar-refractivity contribution is 7.90. The number of nitrogens with two attached hydrogens (primary N) is 2. The highest BCUT2D eigenvalue weighted by atomic mass is 32.2. The summed E-state index contributed by atoms with van der Waals surface area (Å²) in [4.78, 5) is 0. The molecule has 3 rings (SSSR count). The van der Waals surface area contributed by atoms with Crippen LogP contribution in [0.3, 0.4) is 0 Å². The number of rotatable bonds is 3. The Hall–Kier alpha value is -3.00. The van der Waals surface area contributed by atoms with Crippen molar-refractivity contribution < 1.29 is 13.2 Å². The van der Waals surface area contributed by atoms with E-state index >= 15 is 0 Å². The molecule has 132 valence electrons. The predicted molar refractivity (Wildman–Crippen MR) is 99.0 cm³/mol. The Bertz CT molecular complexity index is 938. The largest absolute Gasteiger partial charge is 0.497 e. The minimum atomic E-state index is -3.36. The number of hydrogen-bond donors (Lipinski definition) is 3. The molecule has 25 heavy (non-hydrogen) atoms. The molecule has 0 aliphatic carbocycles. The summed E-state index contributed by atoms with van der Waals surface area (Å²) in [6, 6.07) is 16.4. The van der Waals surface area contributed by atoms with E-state index in [-0.39, 0.29) is 10.8 Å². The fourth-order valence-corrected chi connectivity index (χ4v) is 2.94. The van der Waals surface area contributed by atoms with Gasteiger partial charge in [0, 0.05) is 18.0 Å². The minimum Gasteiger partial charge on any atom is -0.497 e. The summed E-state index contributed by atoms with van der Waals surface area (Å²) < 4.78 is 27.9. The van der Waals surface area contributed by atoms with Gasteiger partial charge >= 0.3 is 0 Å². The van der Waals surface area contributed by atoms with Crippen molar-refractivity contribution in [3.8, 4) is 16.9 Å². The lowest BCUT2D eigenvalue weighted by atomic mass is 10.1. The van der Waals surface area contributed by atoms with Crippen molar-refractivity contribution in [2.45, 2.75) is 5.03 Å². The van der Waals surface area contributed by atoms with E-state index in [0.717, 1.165) is 23.3 Å². The van der Waals surface area contributed by atoms with Gasteiger partial charge in [-0.1, -0.05) is 36.4 Å². The first-order valence-corrected chi connectivity index (χ1v) is 9.21. The molecule has 3 aromatic rings. The van der Waals surface area contributed by atoms with Crippen LogP contribution in [0.4, 0.5) is 11.5 Å². The molecule has 0 atom stereocenters. The van der Waals surface area contributed by atoms with E-state index in [4.69, 9.17) is 16.2 Å². The molecule has 0 spiro atoms. The van der Waals surface area contributed by atoms with E-state index < -0.39 is 9.84 Å². The van der Waals surface area contributed by atoms with E-state index in [2.05, 4.69) is 10.2 Å². The summed E-state index contributed by atoms with van der Waals surface area (Å²) in [5.74, 6) is 0.988. The van der Waals surface area contributed by atoms with Gasteiger partial charge in [0.25, 0.3) is 0 Å². The number of ether oxygens (including phenoxy) is 1. The number of nitrogen functional groups attached to an aromatic ring is 2. The van der Waals surface area contributed by atoms with Crippen molar-refractivity contribution in [3.63, 3.8) is 0 Å². The van der Waals surface area contributed by atoms with Crippen molar-refractivity contribution in [2.75, 3.05) is 24.8 Å². The van der Waals surface area contributed by atoms with Crippen LogP contribution < -0.4 is 16.2 Å².